The Bertz CT molecular complexity index is 3710. The highest BCUT2D eigenvalue weighted by Crippen LogP contribution is 2.62. The standard InChI is InChI=1S/C68H68BN3S/c1-64(2,3)45-22-19-23-48(37-45)70-57-38-46(65(4,5)6)27-30-54(57)69-55-31-28-47(66(7,8)9)39-58(55)71(49-29-33-62-52(40-49)51-24-15-16-25-61(51)73-62)60-42-50(41-59(70)63(60)69)72-56-32-26-44(43-20-13-12-14-21-43)36-53(56)67(10)34-17-18-35-68(67,72)11/h12-16,19-33,36-42H,17-18,34-35H2,1-11H3. The van der Waals surface area contributed by atoms with Gasteiger partial charge in [0.15, 0.2) is 0 Å². The third-order valence-corrected chi connectivity index (χ3v) is 19.0. The van der Waals surface area contributed by atoms with E-state index in [1.807, 2.05) is 11.3 Å². The molecule has 8 aromatic carbocycles. The van der Waals surface area contributed by atoms with Crippen molar-refractivity contribution in [2.24, 2.45) is 0 Å². The van der Waals surface area contributed by atoms with E-state index >= 15 is 0 Å². The average molecular weight is 970 g/mol. The van der Waals surface area contributed by atoms with Crippen molar-refractivity contribution in [3.8, 4) is 11.1 Å². The van der Waals surface area contributed by atoms with Crippen LogP contribution >= 0.6 is 11.3 Å². The molecule has 3 nitrogen and oxygen atoms in total. The molecule has 4 heterocycles. The van der Waals surface area contributed by atoms with Crippen molar-refractivity contribution >= 4 is 100 Å². The van der Waals surface area contributed by atoms with Gasteiger partial charge in [0, 0.05) is 71.1 Å². The number of fused-ring (bicyclic) bond motifs is 10. The first-order chi connectivity index (χ1) is 34.8. The Morgan fingerprint density at radius 2 is 1.03 bits per heavy atom. The van der Waals surface area contributed by atoms with Gasteiger partial charge in [-0.3, -0.25) is 0 Å². The van der Waals surface area contributed by atoms with Gasteiger partial charge in [-0.1, -0.05) is 173 Å². The lowest BCUT2D eigenvalue weighted by Crippen LogP contribution is -2.61. The molecule has 0 amide bonds. The number of rotatable bonds is 4. The maximum absolute atomic E-state index is 2.82. The van der Waals surface area contributed by atoms with Crippen molar-refractivity contribution in [2.75, 3.05) is 14.7 Å². The molecule has 364 valence electrons. The molecule has 1 fully saturated rings. The third kappa shape index (κ3) is 6.97. The van der Waals surface area contributed by atoms with E-state index in [0.29, 0.717) is 0 Å². The predicted molar refractivity (Wildman–Crippen MR) is 318 cm³/mol. The fourth-order valence-electron chi connectivity index (χ4n) is 13.5. The van der Waals surface area contributed by atoms with Crippen LogP contribution in [0, 0.1) is 0 Å². The second-order valence-corrected chi connectivity index (χ2v) is 26.5. The van der Waals surface area contributed by atoms with E-state index in [4.69, 9.17) is 0 Å². The Labute approximate surface area is 438 Å². The lowest BCUT2D eigenvalue weighted by Gasteiger charge is -2.51. The predicted octanol–water partition coefficient (Wildman–Crippen LogP) is 17.4. The summed E-state index contributed by atoms with van der Waals surface area (Å²) in [7, 11) is 0. The van der Waals surface area contributed by atoms with Crippen molar-refractivity contribution < 1.29 is 0 Å². The summed E-state index contributed by atoms with van der Waals surface area (Å²) in [4.78, 5) is 8.16. The van der Waals surface area contributed by atoms with Gasteiger partial charge >= 0.3 is 0 Å². The Hall–Kier alpha value is -6.56. The highest BCUT2D eigenvalue weighted by Gasteiger charge is 2.58. The minimum absolute atomic E-state index is 0.00548. The maximum Gasteiger partial charge on any atom is 0.252 e. The van der Waals surface area contributed by atoms with Crippen molar-refractivity contribution in [3.05, 3.63) is 186 Å². The molecule has 73 heavy (non-hydrogen) atoms. The second kappa shape index (κ2) is 16.0. The maximum atomic E-state index is 2.82. The van der Waals surface area contributed by atoms with Crippen LogP contribution in [0.2, 0.25) is 0 Å². The molecule has 2 unspecified atom stereocenters. The van der Waals surface area contributed by atoms with E-state index < -0.39 is 0 Å². The van der Waals surface area contributed by atoms with E-state index in [9.17, 15) is 0 Å². The van der Waals surface area contributed by atoms with Gasteiger partial charge in [-0.05, 0) is 159 Å². The Kier molecular flexibility index (Phi) is 10.1. The van der Waals surface area contributed by atoms with Gasteiger partial charge < -0.3 is 14.7 Å². The van der Waals surface area contributed by atoms with Gasteiger partial charge in [0.1, 0.15) is 0 Å². The summed E-state index contributed by atoms with van der Waals surface area (Å²) in [6, 6.07) is 64.2. The zero-order valence-electron chi connectivity index (χ0n) is 44.7. The van der Waals surface area contributed by atoms with Gasteiger partial charge in [-0.2, -0.15) is 0 Å². The van der Waals surface area contributed by atoms with Gasteiger partial charge in [-0.25, -0.2) is 0 Å². The van der Waals surface area contributed by atoms with Crippen LogP contribution in [0.1, 0.15) is 124 Å². The minimum atomic E-state index is -0.169. The van der Waals surface area contributed by atoms with Crippen LogP contribution in [0.25, 0.3) is 31.3 Å². The summed E-state index contributed by atoms with van der Waals surface area (Å²) < 4.78 is 2.65. The molecule has 5 heteroatoms. The zero-order chi connectivity index (χ0) is 50.6. The van der Waals surface area contributed by atoms with Crippen molar-refractivity contribution in [3.63, 3.8) is 0 Å². The molecule has 2 atom stereocenters. The van der Waals surface area contributed by atoms with Gasteiger partial charge in [0.2, 0.25) is 0 Å². The molecule has 1 aromatic heterocycles. The van der Waals surface area contributed by atoms with Crippen molar-refractivity contribution in [2.45, 2.75) is 129 Å². The highest BCUT2D eigenvalue weighted by molar-refractivity contribution is 7.25. The monoisotopic (exact) mass is 970 g/mol. The molecule has 1 saturated carbocycles. The van der Waals surface area contributed by atoms with E-state index in [2.05, 4.69) is 255 Å². The van der Waals surface area contributed by atoms with Gasteiger partial charge in [0.25, 0.3) is 6.71 Å². The first-order valence-corrected chi connectivity index (χ1v) is 27.7. The second-order valence-electron chi connectivity index (χ2n) is 25.4. The molecule has 13 rings (SSSR count). The molecule has 0 radical (unpaired) electrons. The average Bonchev–Trinajstić information content (AvgIpc) is 3.84. The fourth-order valence-corrected chi connectivity index (χ4v) is 14.6. The largest absolute Gasteiger partial charge is 0.334 e. The molecular weight excluding hydrogens is 902 g/mol. The van der Waals surface area contributed by atoms with Gasteiger partial charge in [-0.15, -0.1) is 11.3 Å². The zero-order valence-corrected chi connectivity index (χ0v) is 45.6. The molecule has 1 aliphatic carbocycles. The first kappa shape index (κ1) is 46.2. The lowest BCUT2D eigenvalue weighted by atomic mass is 9.33. The summed E-state index contributed by atoms with van der Waals surface area (Å²) in [6.45, 7) is 26.4. The number of benzene rings is 8. The molecule has 4 aliphatic rings. The van der Waals surface area contributed by atoms with E-state index in [-0.39, 0.29) is 33.9 Å². The summed E-state index contributed by atoms with van der Waals surface area (Å²) in [6.07, 6.45) is 4.72. The van der Waals surface area contributed by atoms with E-state index in [0.717, 1.165) is 12.8 Å². The molecule has 0 bridgehead atoms. The number of hydrogen-bond donors (Lipinski definition) is 0. The SMILES string of the molecule is CC(C)(C)c1cccc(N2c3cc(C(C)(C)C)ccc3B3c4ccc(C(C)(C)C)cc4N(c4ccc5sc6ccccc6c5c4)c4cc(N5c6ccc(-c7ccccc7)cc6C6(C)CCCCC56C)cc2c43)c1. The van der Waals surface area contributed by atoms with Crippen LogP contribution in [-0.2, 0) is 21.7 Å². The van der Waals surface area contributed by atoms with Gasteiger partial charge in [0.05, 0.1) is 5.54 Å². The topological polar surface area (TPSA) is 9.72 Å². The Morgan fingerprint density at radius 1 is 0.438 bits per heavy atom. The molecule has 0 saturated heterocycles. The quantitative estimate of drug-likeness (QED) is 0.163. The molecule has 3 aliphatic heterocycles. The highest BCUT2D eigenvalue weighted by atomic mass is 32.1. The van der Waals surface area contributed by atoms with Crippen molar-refractivity contribution in [1.82, 2.24) is 0 Å². The van der Waals surface area contributed by atoms with Crippen LogP contribution in [0.3, 0.4) is 0 Å². The summed E-state index contributed by atoms with van der Waals surface area (Å²) >= 11 is 1.90. The summed E-state index contributed by atoms with van der Waals surface area (Å²) in [5.41, 5.74) is 21.8. The Morgan fingerprint density at radius 3 is 1.68 bits per heavy atom. The molecule has 0 spiro atoms. The van der Waals surface area contributed by atoms with E-state index in [1.54, 1.807) is 0 Å². The first-order valence-electron chi connectivity index (χ1n) is 26.9. The van der Waals surface area contributed by atoms with Crippen LogP contribution in [0.5, 0.6) is 0 Å². The fraction of sp³-hybridized carbons (Fsp3) is 0.294. The Balaban J connectivity index is 1.16. The van der Waals surface area contributed by atoms with Crippen LogP contribution in [0.15, 0.2) is 164 Å². The number of hydrogen-bond acceptors (Lipinski definition) is 4. The normalized spacial score (nSPS) is 19.2. The third-order valence-electron chi connectivity index (χ3n) is 17.8. The van der Waals surface area contributed by atoms with Crippen LogP contribution < -0.4 is 31.1 Å². The van der Waals surface area contributed by atoms with Crippen LogP contribution in [0.4, 0.5) is 45.5 Å². The van der Waals surface area contributed by atoms with Crippen LogP contribution in [-0.4, -0.2) is 12.3 Å². The lowest BCUT2D eigenvalue weighted by molar-refractivity contribution is 0.195. The molecule has 0 N–H and O–H groups in total. The molecular formula is C68H68BN3S. The smallest absolute Gasteiger partial charge is 0.252 e. The number of thiophene rings is 1. The minimum Gasteiger partial charge on any atom is -0.334 e. The van der Waals surface area contributed by atoms with E-state index in [1.165, 1.54) is 128 Å². The summed E-state index contributed by atoms with van der Waals surface area (Å²) in [5, 5.41) is 2.63. The van der Waals surface area contributed by atoms with Crippen molar-refractivity contribution in [1.29, 1.82) is 0 Å². The summed E-state index contributed by atoms with van der Waals surface area (Å²) in [5.74, 6) is 0. The molecule has 9 aromatic rings. The number of nitrogens with zero attached hydrogens (tertiary/aromatic N) is 3. The number of anilines is 8.